The van der Waals surface area contributed by atoms with Crippen molar-refractivity contribution in [2.75, 3.05) is 31.1 Å². The van der Waals surface area contributed by atoms with Crippen molar-refractivity contribution in [3.05, 3.63) is 49.6 Å². The third-order valence-electron chi connectivity index (χ3n) is 4.77. The molecule has 8 nitrogen and oxygen atoms in total. The van der Waals surface area contributed by atoms with Crippen molar-refractivity contribution in [1.29, 1.82) is 0 Å². The third-order valence-corrected chi connectivity index (χ3v) is 7.15. The Bertz CT molecular complexity index is 1110. The normalized spacial score (nSPS) is 15.5. The quantitative estimate of drug-likeness (QED) is 0.352. The van der Waals surface area contributed by atoms with E-state index in [0.29, 0.717) is 23.9 Å². The minimum atomic E-state index is -0.338. The number of aromatic nitrogens is 3. The Hall–Kier alpha value is -2.34. The van der Waals surface area contributed by atoms with Crippen LogP contribution >= 0.6 is 34.0 Å². The van der Waals surface area contributed by atoms with Crippen LogP contribution in [0.2, 0.25) is 0 Å². The molecule has 4 aromatic rings. The van der Waals surface area contributed by atoms with Crippen LogP contribution in [0.25, 0.3) is 15.5 Å². The lowest BCUT2D eigenvalue weighted by Gasteiger charge is -2.34. The predicted octanol–water partition coefficient (Wildman–Crippen LogP) is 3.81. The van der Waals surface area contributed by atoms with E-state index in [9.17, 15) is 10.1 Å². The maximum Gasteiger partial charge on any atom is 0.373 e. The van der Waals surface area contributed by atoms with Crippen molar-refractivity contribution in [3.63, 3.8) is 0 Å². The van der Waals surface area contributed by atoms with Gasteiger partial charge in [0, 0.05) is 54.4 Å². The second-order valence-electron chi connectivity index (χ2n) is 6.49. The van der Waals surface area contributed by atoms with Gasteiger partial charge in [0.25, 0.3) is 4.96 Å². The zero-order valence-electron chi connectivity index (χ0n) is 14.7. The molecule has 1 aliphatic heterocycles. The van der Waals surface area contributed by atoms with Crippen molar-refractivity contribution in [1.82, 2.24) is 19.3 Å². The summed E-state index contributed by atoms with van der Waals surface area (Å²) in [6.45, 7) is 3.89. The highest BCUT2D eigenvalue weighted by Gasteiger charge is 2.30. The second kappa shape index (κ2) is 7.24. The summed E-state index contributed by atoms with van der Waals surface area (Å²) >= 11 is 4.76. The van der Waals surface area contributed by atoms with Gasteiger partial charge in [-0.2, -0.15) is 20.7 Å². The summed E-state index contributed by atoms with van der Waals surface area (Å²) in [5.74, 6) is 0.537. The maximum absolute atomic E-state index is 11.5. The van der Waals surface area contributed by atoms with Gasteiger partial charge in [0.1, 0.15) is 11.2 Å². The molecule has 0 saturated carbocycles. The fourth-order valence-electron chi connectivity index (χ4n) is 3.39. The molecule has 1 aliphatic rings. The first kappa shape index (κ1) is 17.7. The summed E-state index contributed by atoms with van der Waals surface area (Å²) in [7, 11) is 0. The van der Waals surface area contributed by atoms with Gasteiger partial charge in [-0.15, -0.1) is 11.3 Å². The molecule has 4 aromatic heterocycles. The Morgan fingerprint density at radius 3 is 2.71 bits per heavy atom. The molecule has 28 heavy (non-hydrogen) atoms. The van der Waals surface area contributed by atoms with Crippen LogP contribution in [0.5, 0.6) is 0 Å². The van der Waals surface area contributed by atoms with E-state index in [-0.39, 0.29) is 10.7 Å². The predicted molar refractivity (Wildman–Crippen MR) is 113 cm³/mol. The number of anilines is 1. The van der Waals surface area contributed by atoms with Crippen LogP contribution < -0.4 is 4.90 Å². The first-order chi connectivity index (χ1) is 13.7. The second-order valence-corrected chi connectivity index (χ2v) is 9.00. The molecular formula is C17H16N6O2S3. The SMILES string of the molecule is O=[N+]([O-])c1c(N2CCN(Cc3csc(-c4ccsc4)n3)CC2)nc2sccn12. The van der Waals surface area contributed by atoms with E-state index < -0.39 is 0 Å². The van der Waals surface area contributed by atoms with Gasteiger partial charge < -0.3 is 15.0 Å². The van der Waals surface area contributed by atoms with Gasteiger partial charge in [0.2, 0.25) is 5.82 Å². The highest BCUT2D eigenvalue weighted by Crippen LogP contribution is 2.32. The Labute approximate surface area is 172 Å². The molecule has 0 aliphatic carbocycles. The molecule has 0 amide bonds. The molecule has 0 unspecified atom stereocenters. The van der Waals surface area contributed by atoms with Gasteiger partial charge >= 0.3 is 5.82 Å². The van der Waals surface area contributed by atoms with Crippen molar-refractivity contribution >= 4 is 50.6 Å². The largest absolute Gasteiger partial charge is 0.373 e. The van der Waals surface area contributed by atoms with Gasteiger partial charge in [0.15, 0.2) is 0 Å². The van der Waals surface area contributed by atoms with Crippen LogP contribution in [0.1, 0.15) is 5.69 Å². The first-order valence-corrected chi connectivity index (χ1v) is 11.4. The van der Waals surface area contributed by atoms with Crippen molar-refractivity contribution in [2.24, 2.45) is 0 Å². The standard InChI is InChI=1S/C17H16N6O2S3/c24-23(25)16-14(19-17-22(16)6-8-27-17)21-4-2-20(3-5-21)9-13-11-28-15(18-13)12-1-7-26-10-12/h1,6-8,10-11H,2-5,9H2. The maximum atomic E-state index is 11.5. The van der Waals surface area contributed by atoms with Gasteiger partial charge in [-0.1, -0.05) is 11.3 Å². The molecule has 0 bridgehead atoms. The minimum absolute atomic E-state index is 0.0598. The summed E-state index contributed by atoms with van der Waals surface area (Å²) in [4.78, 5) is 25.5. The third kappa shape index (κ3) is 3.20. The van der Waals surface area contributed by atoms with E-state index in [0.717, 1.165) is 30.3 Å². The number of fused-ring (bicyclic) bond motifs is 1. The van der Waals surface area contributed by atoms with Crippen LogP contribution in [0.15, 0.2) is 33.8 Å². The van der Waals surface area contributed by atoms with E-state index in [2.05, 4.69) is 32.1 Å². The Kier molecular flexibility index (Phi) is 4.59. The zero-order valence-corrected chi connectivity index (χ0v) is 17.2. The molecule has 0 spiro atoms. The number of thiazole rings is 2. The van der Waals surface area contributed by atoms with Crippen molar-refractivity contribution in [2.45, 2.75) is 6.54 Å². The molecule has 1 saturated heterocycles. The van der Waals surface area contributed by atoms with Crippen LogP contribution in [0, 0.1) is 10.1 Å². The van der Waals surface area contributed by atoms with E-state index in [1.165, 1.54) is 16.9 Å². The van der Waals surface area contributed by atoms with Crippen LogP contribution in [0.4, 0.5) is 11.6 Å². The molecule has 1 fully saturated rings. The fraction of sp³-hybridized carbons (Fsp3) is 0.294. The number of rotatable bonds is 5. The van der Waals surface area contributed by atoms with Crippen LogP contribution in [-0.4, -0.2) is 50.4 Å². The molecule has 0 aromatic carbocycles. The summed E-state index contributed by atoms with van der Waals surface area (Å²) in [6, 6.07) is 2.09. The molecular weight excluding hydrogens is 416 g/mol. The smallest absolute Gasteiger partial charge is 0.358 e. The lowest BCUT2D eigenvalue weighted by Crippen LogP contribution is -2.46. The minimum Gasteiger partial charge on any atom is -0.358 e. The van der Waals surface area contributed by atoms with Gasteiger partial charge in [0.05, 0.1) is 5.69 Å². The number of thiophene rings is 1. The average Bonchev–Trinajstić information content (AvgIpc) is 3.45. The number of piperazine rings is 1. The monoisotopic (exact) mass is 432 g/mol. The van der Waals surface area contributed by atoms with Crippen molar-refractivity contribution < 1.29 is 4.92 Å². The van der Waals surface area contributed by atoms with E-state index in [4.69, 9.17) is 4.98 Å². The number of nitrogens with zero attached hydrogens (tertiary/aromatic N) is 6. The molecule has 5 heterocycles. The first-order valence-electron chi connectivity index (χ1n) is 8.73. The molecule has 5 rings (SSSR count). The number of nitro groups is 1. The molecule has 11 heteroatoms. The summed E-state index contributed by atoms with van der Waals surface area (Å²) < 4.78 is 1.56. The molecule has 0 atom stereocenters. The number of hydrogen-bond acceptors (Lipinski definition) is 9. The zero-order chi connectivity index (χ0) is 19.1. The number of hydrogen-bond donors (Lipinski definition) is 0. The van der Waals surface area contributed by atoms with E-state index >= 15 is 0 Å². The Balaban J connectivity index is 1.26. The van der Waals surface area contributed by atoms with Crippen LogP contribution in [0.3, 0.4) is 0 Å². The van der Waals surface area contributed by atoms with Crippen LogP contribution in [-0.2, 0) is 6.54 Å². The Morgan fingerprint density at radius 2 is 1.96 bits per heavy atom. The summed E-state index contributed by atoms with van der Waals surface area (Å²) in [5, 5.41) is 20.7. The highest BCUT2D eigenvalue weighted by molar-refractivity contribution is 7.15. The van der Waals surface area contributed by atoms with Gasteiger partial charge in [-0.3, -0.25) is 4.90 Å². The Morgan fingerprint density at radius 1 is 1.11 bits per heavy atom. The lowest BCUT2D eigenvalue weighted by atomic mass is 10.3. The fourth-order valence-corrected chi connectivity index (χ4v) is 5.62. The number of imidazole rings is 1. The van der Waals surface area contributed by atoms with Gasteiger partial charge in [-0.25, -0.2) is 4.98 Å². The highest BCUT2D eigenvalue weighted by atomic mass is 32.1. The van der Waals surface area contributed by atoms with Gasteiger partial charge in [-0.05, 0) is 16.4 Å². The molecule has 0 N–H and O–H groups in total. The van der Waals surface area contributed by atoms with E-state index in [1.54, 1.807) is 33.3 Å². The van der Waals surface area contributed by atoms with E-state index in [1.807, 2.05) is 10.3 Å². The lowest BCUT2D eigenvalue weighted by molar-refractivity contribution is -0.389. The molecule has 144 valence electrons. The molecule has 0 radical (unpaired) electrons. The average molecular weight is 433 g/mol. The topological polar surface area (TPSA) is 79.8 Å². The van der Waals surface area contributed by atoms with Crippen molar-refractivity contribution in [3.8, 4) is 10.6 Å². The summed E-state index contributed by atoms with van der Waals surface area (Å²) in [6.07, 6.45) is 1.71. The summed E-state index contributed by atoms with van der Waals surface area (Å²) in [5.41, 5.74) is 2.26.